The van der Waals surface area contributed by atoms with Gasteiger partial charge in [0.25, 0.3) is 0 Å². The van der Waals surface area contributed by atoms with Crippen molar-refractivity contribution in [2.24, 2.45) is 0 Å². The van der Waals surface area contributed by atoms with E-state index >= 15 is 0 Å². The molecule has 0 aliphatic carbocycles. The summed E-state index contributed by atoms with van der Waals surface area (Å²) >= 11 is 0. The van der Waals surface area contributed by atoms with Gasteiger partial charge >= 0.3 is 5.97 Å². The van der Waals surface area contributed by atoms with Gasteiger partial charge in [0, 0.05) is 19.2 Å². The van der Waals surface area contributed by atoms with E-state index in [1.165, 1.54) is 19.2 Å². The van der Waals surface area contributed by atoms with Crippen molar-refractivity contribution >= 4 is 23.8 Å². The van der Waals surface area contributed by atoms with E-state index in [1.807, 2.05) is 0 Å². The molecule has 0 saturated carbocycles. The van der Waals surface area contributed by atoms with Crippen LogP contribution in [0.3, 0.4) is 0 Å². The zero-order valence-corrected chi connectivity index (χ0v) is 9.02. The van der Waals surface area contributed by atoms with Crippen molar-refractivity contribution in [1.29, 1.82) is 0 Å². The quantitative estimate of drug-likeness (QED) is 0.755. The lowest BCUT2D eigenvalue weighted by molar-refractivity contribution is -0.131. The van der Waals surface area contributed by atoms with Gasteiger partial charge in [-0.2, -0.15) is 0 Å². The Morgan fingerprint density at radius 2 is 2.19 bits per heavy atom. The van der Waals surface area contributed by atoms with Crippen LogP contribution in [0.15, 0.2) is 18.3 Å². The Balaban J connectivity index is 2.90. The van der Waals surface area contributed by atoms with Gasteiger partial charge in [0.2, 0.25) is 5.91 Å². The molecule has 0 spiro atoms. The highest BCUT2D eigenvalue weighted by molar-refractivity contribution is 5.88. The van der Waals surface area contributed by atoms with Gasteiger partial charge in [0.15, 0.2) is 0 Å². The number of aryl methyl sites for hydroxylation is 1. The number of aromatic nitrogens is 1. The van der Waals surface area contributed by atoms with Crippen LogP contribution in [0.2, 0.25) is 0 Å². The van der Waals surface area contributed by atoms with Gasteiger partial charge in [0.1, 0.15) is 5.82 Å². The number of anilines is 1. The second-order valence-corrected chi connectivity index (χ2v) is 3.29. The fraction of sp³-hybridized carbons (Fsp3) is 0.182. The minimum Gasteiger partial charge on any atom is -0.478 e. The number of rotatable bonds is 3. The van der Waals surface area contributed by atoms with Crippen LogP contribution in [0.4, 0.5) is 5.82 Å². The molecule has 1 rings (SSSR count). The van der Waals surface area contributed by atoms with Gasteiger partial charge in [-0.25, -0.2) is 9.78 Å². The third-order valence-corrected chi connectivity index (χ3v) is 1.81. The number of pyridine rings is 1. The molecule has 1 aromatic heterocycles. The molecule has 5 nitrogen and oxygen atoms in total. The van der Waals surface area contributed by atoms with Crippen LogP contribution in [-0.4, -0.2) is 22.0 Å². The molecule has 1 amide bonds. The lowest BCUT2D eigenvalue weighted by Gasteiger charge is -2.05. The van der Waals surface area contributed by atoms with Crippen LogP contribution in [-0.2, 0) is 9.59 Å². The Labute approximate surface area is 92.8 Å². The fourth-order valence-electron chi connectivity index (χ4n) is 1.15. The molecule has 0 fully saturated rings. The van der Waals surface area contributed by atoms with E-state index in [9.17, 15) is 9.59 Å². The minimum atomic E-state index is -1.01. The molecule has 16 heavy (non-hydrogen) atoms. The van der Waals surface area contributed by atoms with E-state index in [2.05, 4.69) is 10.3 Å². The average molecular weight is 220 g/mol. The number of nitrogens with zero attached hydrogens (tertiary/aromatic N) is 1. The van der Waals surface area contributed by atoms with E-state index in [1.54, 1.807) is 13.0 Å². The average Bonchev–Trinajstić information content (AvgIpc) is 2.18. The predicted octanol–water partition coefficient (Wildman–Crippen LogP) is 1.45. The van der Waals surface area contributed by atoms with E-state index in [0.717, 1.165) is 11.6 Å². The van der Waals surface area contributed by atoms with Crippen molar-refractivity contribution in [3.05, 3.63) is 29.5 Å². The molecule has 84 valence electrons. The Morgan fingerprint density at radius 1 is 1.50 bits per heavy atom. The Bertz CT molecular complexity index is 453. The SMILES string of the molecule is CC(=O)Nc1ncc(/C=C/C(=O)O)cc1C. The monoisotopic (exact) mass is 220 g/mol. The molecular formula is C11H12N2O3. The first-order chi connectivity index (χ1) is 7.49. The van der Waals surface area contributed by atoms with Crippen molar-refractivity contribution in [2.45, 2.75) is 13.8 Å². The van der Waals surface area contributed by atoms with E-state index in [4.69, 9.17) is 5.11 Å². The topological polar surface area (TPSA) is 79.3 Å². The van der Waals surface area contributed by atoms with Crippen LogP contribution in [0, 0.1) is 6.92 Å². The van der Waals surface area contributed by atoms with Crippen LogP contribution in [0.5, 0.6) is 0 Å². The second-order valence-electron chi connectivity index (χ2n) is 3.29. The summed E-state index contributed by atoms with van der Waals surface area (Å²) in [7, 11) is 0. The molecule has 0 aliphatic rings. The van der Waals surface area contributed by atoms with E-state index in [0.29, 0.717) is 11.4 Å². The first kappa shape index (κ1) is 11.9. The highest BCUT2D eigenvalue weighted by Crippen LogP contribution is 2.13. The maximum absolute atomic E-state index is 10.8. The zero-order chi connectivity index (χ0) is 12.1. The van der Waals surface area contributed by atoms with Gasteiger partial charge < -0.3 is 10.4 Å². The summed E-state index contributed by atoms with van der Waals surface area (Å²) in [4.78, 5) is 25.1. The first-order valence-corrected chi connectivity index (χ1v) is 4.64. The summed E-state index contributed by atoms with van der Waals surface area (Å²) in [6.07, 6.45) is 3.98. The number of nitrogens with one attached hydrogen (secondary N) is 1. The summed E-state index contributed by atoms with van der Waals surface area (Å²) in [5.74, 6) is -0.715. The number of carbonyl (C=O) groups excluding carboxylic acids is 1. The standard InChI is InChI=1S/C11H12N2O3/c1-7-5-9(3-4-10(15)16)6-12-11(7)13-8(2)14/h3-6H,1-2H3,(H,15,16)(H,12,13,14)/b4-3+. The molecule has 0 atom stereocenters. The minimum absolute atomic E-state index is 0.190. The second kappa shape index (κ2) is 5.06. The number of aliphatic carboxylic acids is 1. The lowest BCUT2D eigenvalue weighted by Crippen LogP contribution is -2.08. The number of carbonyl (C=O) groups is 2. The Hall–Kier alpha value is -2.17. The van der Waals surface area contributed by atoms with Gasteiger partial charge in [-0.3, -0.25) is 4.79 Å². The van der Waals surface area contributed by atoms with Crippen molar-refractivity contribution in [3.63, 3.8) is 0 Å². The van der Waals surface area contributed by atoms with Crippen LogP contribution >= 0.6 is 0 Å². The summed E-state index contributed by atoms with van der Waals surface area (Å²) in [6.45, 7) is 3.19. The highest BCUT2D eigenvalue weighted by atomic mass is 16.4. The molecule has 2 N–H and O–H groups in total. The fourth-order valence-corrected chi connectivity index (χ4v) is 1.15. The Kier molecular flexibility index (Phi) is 3.77. The maximum Gasteiger partial charge on any atom is 0.328 e. The normalized spacial score (nSPS) is 10.4. The van der Waals surface area contributed by atoms with Crippen LogP contribution in [0.25, 0.3) is 6.08 Å². The molecule has 0 aliphatic heterocycles. The lowest BCUT2D eigenvalue weighted by atomic mass is 10.2. The third-order valence-electron chi connectivity index (χ3n) is 1.81. The Morgan fingerprint density at radius 3 is 2.69 bits per heavy atom. The van der Waals surface area contributed by atoms with Crippen LogP contribution in [0.1, 0.15) is 18.1 Å². The number of carboxylic acid groups (broad SMARTS) is 1. The molecule has 5 heteroatoms. The number of hydrogen-bond donors (Lipinski definition) is 2. The molecule has 0 unspecified atom stereocenters. The molecule has 1 heterocycles. The highest BCUT2D eigenvalue weighted by Gasteiger charge is 2.02. The smallest absolute Gasteiger partial charge is 0.328 e. The molecule has 0 bridgehead atoms. The number of hydrogen-bond acceptors (Lipinski definition) is 3. The molecule has 0 saturated heterocycles. The zero-order valence-electron chi connectivity index (χ0n) is 9.02. The summed E-state index contributed by atoms with van der Waals surface area (Å²) in [5.41, 5.74) is 1.46. The summed E-state index contributed by atoms with van der Waals surface area (Å²) in [6, 6.07) is 1.75. The third kappa shape index (κ3) is 3.53. The van der Waals surface area contributed by atoms with Crippen molar-refractivity contribution < 1.29 is 14.7 Å². The van der Waals surface area contributed by atoms with Gasteiger partial charge in [-0.1, -0.05) is 0 Å². The predicted molar refractivity (Wildman–Crippen MR) is 59.9 cm³/mol. The first-order valence-electron chi connectivity index (χ1n) is 4.64. The van der Waals surface area contributed by atoms with Gasteiger partial charge in [-0.05, 0) is 30.2 Å². The molecule has 0 aromatic carbocycles. The van der Waals surface area contributed by atoms with E-state index < -0.39 is 5.97 Å². The molecular weight excluding hydrogens is 208 g/mol. The van der Waals surface area contributed by atoms with Gasteiger partial charge in [-0.15, -0.1) is 0 Å². The van der Waals surface area contributed by atoms with Crippen molar-refractivity contribution in [1.82, 2.24) is 4.98 Å². The van der Waals surface area contributed by atoms with Crippen molar-refractivity contribution in [2.75, 3.05) is 5.32 Å². The van der Waals surface area contributed by atoms with Gasteiger partial charge in [0.05, 0.1) is 0 Å². The number of carboxylic acids is 1. The largest absolute Gasteiger partial charge is 0.478 e. The van der Waals surface area contributed by atoms with E-state index in [-0.39, 0.29) is 5.91 Å². The summed E-state index contributed by atoms with van der Waals surface area (Å²) in [5, 5.41) is 11.0. The number of amides is 1. The molecule has 0 radical (unpaired) electrons. The van der Waals surface area contributed by atoms with Crippen LogP contribution < -0.4 is 5.32 Å². The summed E-state index contributed by atoms with van der Waals surface area (Å²) < 4.78 is 0. The molecule has 1 aromatic rings. The maximum atomic E-state index is 10.8. The van der Waals surface area contributed by atoms with Crippen molar-refractivity contribution in [3.8, 4) is 0 Å².